The van der Waals surface area contributed by atoms with Crippen molar-refractivity contribution in [2.45, 2.75) is 29.9 Å². The lowest BCUT2D eigenvalue weighted by molar-refractivity contribution is -0.117. The summed E-state index contributed by atoms with van der Waals surface area (Å²) in [7, 11) is 1.56. The van der Waals surface area contributed by atoms with Crippen LogP contribution in [0.2, 0.25) is 0 Å². The summed E-state index contributed by atoms with van der Waals surface area (Å²) in [5, 5.41) is 2.51. The third-order valence-corrected chi connectivity index (χ3v) is 5.57. The van der Waals surface area contributed by atoms with E-state index in [1.165, 1.54) is 23.1 Å². The average molecular weight is 365 g/mol. The Kier molecular flexibility index (Phi) is 6.22. The Labute approximate surface area is 148 Å². The van der Waals surface area contributed by atoms with Crippen molar-refractivity contribution >= 4 is 40.6 Å². The Bertz CT molecular complexity index is 746. The monoisotopic (exact) mass is 365 g/mol. The number of ether oxygens (including phenoxy) is 1. The van der Waals surface area contributed by atoms with Crippen LogP contribution in [-0.2, 0) is 16.0 Å². The molecule has 0 aliphatic carbocycles. The minimum absolute atomic E-state index is 0.145. The summed E-state index contributed by atoms with van der Waals surface area (Å²) in [6.45, 7) is 3.64. The maximum atomic E-state index is 12.4. The number of hydrogen-bond donors (Lipinski definition) is 2. The second-order valence-electron chi connectivity index (χ2n) is 5.08. The summed E-state index contributed by atoms with van der Waals surface area (Å²) < 4.78 is 5.97. The first-order valence-electron chi connectivity index (χ1n) is 7.26. The quantitative estimate of drug-likeness (QED) is 0.736. The molecule has 2 rings (SSSR count). The number of nitrogens with two attached hydrogens (primary N) is 1. The first kappa shape index (κ1) is 18.3. The number of benzene rings is 1. The minimum Gasteiger partial charge on any atom is -0.495 e. The largest absolute Gasteiger partial charge is 0.495 e. The predicted molar refractivity (Wildman–Crippen MR) is 96.7 cm³/mol. The van der Waals surface area contributed by atoms with E-state index >= 15 is 0 Å². The van der Waals surface area contributed by atoms with E-state index in [4.69, 9.17) is 10.5 Å². The zero-order valence-electron chi connectivity index (χ0n) is 13.7. The molecule has 1 aromatic carbocycles. The summed E-state index contributed by atoms with van der Waals surface area (Å²) in [4.78, 5) is 28.6. The molecule has 1 atom stereocenters. The molecule has 3 N–H and O–H groups in total. The van der Waals surface area contributed by atoms with Crippen molar-refractivity contribution in [2.24, 2.45) is 5.73 Å². The molecule has 0 radical (unpaired) electrons. The molecule has 2 amide bonds. The Balaban J connectivity index is 2.02. The number of para-hydroxylation sites is 2. The average Bonchev–Trinajstić information content (AvgIpc) is 2.86. The first-order chi connectivity index (χ1) is 11.4. The number of aromatic nitrogens is 1. The molecule has 0 fully saturated rings. The number of amides is 2. The highest BCUT2D eigenvalue weighted by Crippen LogP contribution is 2.31. The van der Waals surface area contributed by atoms with Crippen molar-refractivity contribution < 1.29 is 14.3 Å². The highest BCUT2D eigenvalue weighted by Gasteiger charge is 2.19. The zero-order valence-corrected chi connectivity index (χ0v) is 15.3. The fourth-order valence-electron chi connectivity index (χ4n) is 1.96. The van der Waals surface area contributed by atoms with Crippen LogP contribution in [0.25, 0.3) is 0 Å². The van der Waals surface area contributed by atoms with Crippen LogP contribution in [0.5, 0.6) is 5.75 Å². The number of carbonyl (C=O) groups excluding carboxylic acids is 2. The smallest absolute Gasteiger partial charge is 0.237 e. The topological polar surface area (TPSA) is 94.3 Å². The molecule has 0 spiro atoms. The van der Waals surface area contributed by atoms with Crippen LogP contribution in [0.4, 0.5) is 5.69 Å². The number of methoxy groups -OCH3 is 1. The fourth-order valence-corrected chi connectivity index (χ4v) is 4.35. The van der Waals surface area contributed by atoms with Gasteiger partial charge in [-0.1, -0.05) is 23.9 Å². The molecule has 0 bridgehead atoms. The van der Waals surface area contributed by atoms with Crippen LogP contribution < -0.4 is 15.8 Å². The standard InChI is InChI=1S/C16H19N3O3S2/c1-9-13(8-14(17)20)24-16(18-9)23-10(2)15(21)19-11-6-4-5-7-12(11)22-3/h4-7,10H,8H2,1-3H3,(H2,17,20)(H,19,21). The van der Waals surface area contributed by atoms with Crippen molar-refractivity contribution in [3.8, 4) is 5.75 Å². The van der Waals surface area contributed by atoms with E-state index in [1.807, 2.05) is 19.1 Å². The van der Waals surface area contributed by atoms with E-state index < -0.39 is 0 Å². The summed E-state index contributed by atoms with van der Waals surface area (Å²) in [5.74, 6) is 0.0750. The van der Waals surface area contributed by atoms with Crippen molar-refractivity contribution in [3.05, 3.63) is 34.8 Å². The molecule has 1 unspecified atom stereocenters. The number of carbonyl (C=O) groups is 2. The third kappa shape index (κ3) is 4.72. The Morgan fingerprint density at radius 3 is 2.79 bits per heavy atom. The van der Waals surface area contributed by atoms with Gasteiger partial charge < -0.3 is 15.8 Å². The number of thioether (sulfide) groups is 1. The number of primary amides is 1. The Morgan fingerprint density at radius 2 is 2.12 bits per heavy atom. The molecular formula is C16H19N3O3S2. The lowest BCUT2D eigenvalue weighted by atomic mass is 10.3. The van der Waals surface area contributed by atoms with Crippen molar-refractivity contribution in [2.75, 3.05) is 12.4 Å². The normalized spacial score (nSPS) is 11.8. The molecule has 0 aliphatic rings. The number of thiazole rings is 1. The van der Waals surface area contributed by atoms with E-state index in [2.05, 4.69) is 10.3 Å². The van der Waals surface area contributed by atoms with Gasteiger partial charge in [0.15, 0.2) is 4.34 Å². The van der Waals surface area contributed by atoms with Gasteiger partial charge in [-0.05, 0) is 26.0 Å². The number of nitrogens with one attached hydrogen (secondary N) is 1. The number of hydrogen-bond acceptors (Lipinski definition) is 6. The maximum Gasteiger partial charge on any atom is 0.237 e. The van der Waals surface area contributed by atoms with Gasteiger partial charge in [-0.15, -0.1) is 11.3 Å². The van der Waals surface area contributed by atoms with Gasteiger partial charge >= 0.3 is 0 Å². The SMILES string of the molecule is COc1ccccc1NC(=O)C(C)Sc1nc(C)c(CC(N)=O)s1. The molecule has 8 heteroatoms. The van der Waals surface area contributed by atoms with Gasteiger partial charge in [-0.25, -0.2) is 4.98 Å². The molecule has 2 aromatic rings. The molecule has 128 valence electrons. The second kappa shape index (κ2) is 8.16. The molecule has 1 heterocycles. The molecule has 6 nitrogen and oxygen atoms in total. The summed E-state index contributed by atoms with van der Waals surface area (Å²) in [6, 6.07) is 7.24. The highest BCUT2D eigenvalue weighted by atomic mass is 32.2. The highest BCUT2D eigenvalue weighted by molar-refractivity contribution is 8.02. The van der Waals surface area contributed by atoms with Gasteiger partial charge in [-0.2, -0.15) is 0 Å². The molecule has 1 aromatic heterocycles. The number of nitrogens with zero attached hydrogens (tertiary/aromatic N) is 1. The predicted octanol–water partition coefficient (Wildman–Crippen LogP) is 2.61. The van der Waals surface area contributed by atoms with Crippen molar-refractivity contribution in [1.29, 1.82) is 0 Å². The lowest BCUT2D eigenvalue weighted by Gasteiger charge is -2.13. The summed E-state index contributed by atoms with van der Waals surface area (Å²) >= 11 is 2.74. The van der Waals surface area contributed by atoms with E-state index in [1.54, 1.807) is 26.2 Å². The maximum absolute atomic E-state index is 12.4. The van der Waals surface area contributed by atoms with Crippen LogP contribution in [0.15, 0.2) is 28.6 Å². The summed E-state index contributed by atoms with van der Waals surface area (Å²) in [5.41, 5.74) is 6.63. The van der Waals surface area contributed by atoms with Crippen LogP contribution >= 0.6 is 23.1 Å². The summed E-state index contributed by atoms with van der Waals surface area (Å²) in [6.07, 6.45) is 0.172. The van der Waals surface area contributed by atoms with E-state index in [-0.39, 0.29) is 23.5 Å². The number of anilines is 1. The van der Waals surface area contributed by atoms with Crippen LogP contribution in [-0.4, -0.2) is 29.2 Å². The zero-order chi connectivity index (χ0) is 17.7. The molecule has 0 saturated carbocycles. The van der Waals surface area contributed by atoms with Gasteiger partial charge in [-0.3, -0.25) is 9.59 Å². The third-order valence-electron chi connectivity index (χ3n) is 3.22. The second-order valence-corrected chi connectivity index (χ2v) is 7.75. The van der Waals surface area contributed by atoms with Crippen molar-refractivity contribution in [3.63, 3.8) is 0 Å². The van der Waals surface area contributed by atoms with Gasteiger partial charge in [0.05, 0.1) is 30.2 Å². The minimum atomic E-state index is -0.389. The van der Waals surface area contributed by atoms with Crippen LogP contribution in [0.1, 0.15) is 17.5 Å². The van der Waals surface area contributed by atoms with Gasteiger partial charge in [0.1, 0.15) is 5.75 Å². The molecule has 0 saturated heterocycles. The van der Waals surface area contributed by atoms with E-state index in [0.29, 0.717) is 11.4 Å². The number of aryl methyl sites for hydroxylation is 1. The van der Waals surface area contributed by atoms with Crippen LogP contribution in [0, 0.1) is 6.92 Å². The van der Waals surface area contributed by atoms with Gasteiger partial charge in [0.25, 0.3) is 0 Å². The van der Waals surface area contributed by atoms with Crippen molar-refractivity contribution in [1.82, 2.24) is 4.98 Å². The van der Waals surface area contributed by atoms with Gasteiger partial charge in [0.2, 0.25) is 11.8 Å². The van der Waals surface area contributed by atoms with E-state index in [9.17, 15) is 9.59 Å². The van der Waals surface area contributed by atoms with Crippen LogP contribution in [0.3, 0.4) is 0 Å². The molecular weight excluding hydrogens is 346 g/mol. The Hall–Kier alpha value is -2.06. The Morgan fingerprint density at radius 1 is 1.42 bits per heavy atom. The van der Waals surface area contributed by atoms with E-state index in [0.717, 1.165) is 14.9 Å². The first-order valence-corrected chi connectivity index (χ1v) is 8.95. The lowest BCUT2D eigenvalue weighted by Crippen LogP contribution is -2.22. The molecule has 24 heavy (non-hydrogen) atoms. The fraction of sp³-hybridized carbons (Fsp3) is 0.312. The molecule has 0 aliphatic heterocycles. The number of rotatable bonds is 7. The van der Waals surface area contributed by atoms with Gasteiger partial charge in [0, 0.05) is 4.88 Å².